The topological polar surface area (TPSA) is 15.7 Å². The lowest BCUT2D eigenvalue weighted by atomic mass is 9.79. The highest BCUT2D eigenvalue weighted by Gasteiger charge is 2.40. The van der Waals surface area contributed by atoms with Crippen LogP contribution >= 0.6 is 11.8 Å². The molecule has 1 spiro atoms. The second-order valence-electron chi connectivity index (χ2n) is 7.18. The number of thioether (sulfide) groups is 1. The van der Waals surface area contributed by atoms with E-state index in [1.807, 2.05) is 11.8 Å². The van der Waals surface area contributed by atoms with Crippen molar-refractivity contribution in [2.75, 3.05) is 52.7 Å². The number of nitrogens with zero attached hydrogens (tertiary/aromatic N) is 2. The van der Waals surface area contributed by atoms with E-state index in [0.717, 1.165) is 19.7 Å². The number of ether oxygens (including phenoxy) is 1. The van der Waals surface area contributed by atoms with Gasteiger partial charge in [0.1, 0.15) is 0 Å². The van der Waals surface area contributed by atoms with Crippen LogP contribution in [0.3, 0.4) is 0 Å². The summed E-state index contributed by atoms with van der Waals surface area (Å²) in [5.41, 5.74) is 1.99. The largest absolute Gasteiger partial charge is 0.383 e. The average molecular weight is 335 g/mol. The summed E-state index contributed by atoms with van der Waals surface area (Å²) in [6.45, 7) is 8.09. The first-order chi connectivity index (χ1) is 11.2. The molecule has 2 fully saturated rings. The number of hydrogen-bond acceptors (Lipinski definition) is 4. The van der Waals surface area contributed by atoms with E-state index >= 15 is 0 Å². The minimum Gasteiger partial charge on any atom is -0.383 e. The Morgan fingerprint density at radius 3 is 2.87 bits per heavy atom. The van der Waals surface area contributed by atoms with E-state index in [0.29, 0.717) is 5.41 Å². The molecule has 1 aromatic rings. The maximum Gasteiger partial charge on any atom is 0.0589 e. The molecule has 128 valence electrons. The van der Waals surface area contributed by atoms with Crippen molar-refractivity contribution in [2.45, 2.75) is 30.7 Å². The van der Waals surface area contributed by atoms with Crippen molar-refractivity contribution in [1.29, 1.82) is 0 Å². The van der Waals surface area contributed by atoms with Gasteiger partial charge in [-0.05, 0) is 61.7 Å². The maximum atomic E-state index is 5.26. The summed E-state index contributed by atoms with van der Waals surface area (Å²) in [4.78, 5) is 6.66. The van der Waals surface area contributed by atoms with Crippen molar-refractivity contribution < 1.29 is 4.74 Å². The van der Waals surface area contributed by atoms with Crippen LogP contribution in [0.15, 0.2) is 29.2 Å². The fourth-order valence-electron chi connectivity index (χ4n) is 4.25. The third-order valence-corrected chi connectivity index (χ3v) is 6.14. The molecule has 0 aliphatic carbocycles. The van der Waals surface area contributed by atoms with Crippen LogP contribution < -0.4 is 0 Å². The van der Waals surface area contributed by atoms with Crippen LogP contribution in [0, 0.1) is 5.41 Å². The fourth-order valence-corrected chi connectivity index (χ4v) is 4.73. The molecule has 2 heterocycles. The highest BCUT2D eigenvalue weighted by molar-refractivity contribution is 7.98. The van der Waals surface area contributed by atoms with E-state index in [-0.39, 0.29) is 0 Å². The smallest absolute Gasteiger partial charge is 0.0589 e. The number of hydrogen-bond donors (Lipinski definition) is 0. The van der Waals surface area contributed by atoms with Gasteiger partial charge in [0, 0.05) is 38.2 Å². The molecule has 0 saturated carbocycles. The van der Waals surface area contributed by atoms with Gasteiger partial charge in [-0.2, -0.15) is 0 Å². The van der Waals surface area contributed by atoms with Gasteiger partial charge >= 0.3 is 0 Å². The van der Waals surface area contributed by atoms with Crippen molar-refractivity contribution in [3.8, 4) is 0 Å². The Bertz CT molecular complexity index is 510. The van der Waals surface area contributed by atoms with Gasteiger partial charge in [0.05, 0.1) is 6.61 Å². The molecule has 4 heteroatoms. The molecule has 1 unspecified atom stereocenters. The van der Waals surface area contributed by atoms with Crippen LogP contribution in [0.25, 0.3) is 0 Å². The lowest BCUT2D eigenvalue weighted by Gasteiger charge is -2.40. The third kappa shape index (κ3) is 4.50. The quantitative estimate of drug-likeness (QED) is 0.741. The zero-order valence-electron chi connectivity index (χ0n) is 14.6. The van der Waals surface area contributed by atoms with Crippen LogP contribution in [0.1, 0.15) is 24.8 Å². The normalized spacial score (nSPS) is 26.2. The summed E-state index contributed by atoms with van der Waals surface area (Å²) < 4.78 is 5.26. The number of likely N-dealkylation sites (tertiary alicyclic amines) is 2. The van der Waals surface area contributed by atoms with E-state index in [2.05, 4.69) is 40.3 Å². The lowest BCUT2D eigenvalue weighted by molar-refractivity contribution is 0.0673. The summed E-state index contributed by atoms with van der Waals surface area (Å²) in [5.74, 6) is 0. The molecule has 3 rings (SSSR count). The van der Waals surface area contributed by atoms with Crippen LogP contribution in [0.5, 0.6) is 0 Å². The van der Waals surface area contributed by atoms with Crippen molar-refractivity contribution in [2.24, 2.45) is 5.41 Å². The van der Waals surface area contributed by atoms with Gasteiger partial charge in [0.25, 0.3) is 0 Å². The molecule has 2 aliphatic heterocycles. The second-order valence-corrected chi connectivity index (χ2v) is 8.06. The molecule has 0 aromatic heterocycles. The van der Waals surface area contributed by atoms with Crippen LogP contribution in [0.2, 0.25) is 0 Å². The molecular weight excluding hydrogens is 304 g/mol. The molecular formula is C19H30N2OS. The van der Waals surface area contributed by atoms with E-state index in [4.69, 9.17) is 4.74 Å². The summed E-state index contributed by atoms with van der Waals surface area (Å²) in [6.07, 6.45) is 6.26. The van der Waals surface area contributed by atoms with E-state index < -0.39 is 0 Å². The van der Waals surface area contributed by atoms with Gasteiger partial charge in [-0.15, -0.1) is 11.8 Å². The Labute approximate surface area is 145 Å². The first-order valence-electron chi connectivity index (χ1n) is 8.80. The highest BCUT2D eigenvalue weighted by Crippen LogP contribution is 2.39. The zero-order chi connectivity index (χ0) is 16.1. The molecule has 3 nitrogen and oxygen atoms in total. The Hall–Kier alpha value is -0.550. The molecule has 0 radical (unpaired) electrons. The molecule has 23 heavy (non-hydrogen) atoms. The maximum absolute atomic E-state index is 5.26. The summed E-state index contributed by atoms with van der Waals surface area (Å²) in [6, 6.07) is 9.02. The summed E-state index contributed by atoms with van der Waals surface area (Å²) in [5, 5.41) is 0. The minimum atomic E-state index is 0.531. The molecule has 0 N–H and O–H groups in total. The number of piperidine rings is 1. The zero-order valence-corrected chi connectivity index (χ0v) is 15.4. The SMILES string of the molecule is COCCN1CCCC2(CCN(Cc3cccc(SC)c3)C2)C1. The van der Waals surface area contributed by atoms with E-state index in [9.17, 15) is 0 Å². The molecule has 1 aromatic carbocycles. The van der Waals surface area contributed by atoms with Crippen LogP contribution in [-0.4, -0.2) is 62.5 Å². The Morgan fingerprint density at radius 1 is 1.17 bits per heavy atom. The molecule has 2 saturated heterocycles. The Morgan fingerprint density at radius 2 is 2.04 bits per heavy atom. The van der Waals surface area contributed by atoms with Crippen molar-refractivity contribution >= 4 is 11.8 Å². The van der Waals surface area contributed by atoms with E-state index in [1.54, 1.807) is 7.11 Å². The summed E-state index contributed by atoms with van der Waals surface area (Å²) >= 11 is 1.83. The molecule has 0 amide bonds. The Kier molecular flexibility index (Phi) is 6.02. The fraction of sp³-hybridized carbons (Fsp3) is 0.684. The Balaban J connectivity index is 1.56. The van der Waals surface area contributed by atoms with Crippen molar-refractivity contribution in [3.05, 3.63) is 29.8 Å². The van der Waals surface area contributed by atoms with Crippen molar-refractivity contribution in [1.82, 2.24) is 9.80 Å². The van der Waals surface area contributed by atoms with Gasteiger partial charge in [0.15, 0.2) is 0 Å². The molecule has 2 aliphatic rings. The number of methoxy groups -OCH3 is 1. The van der Waals surface area contributed by atoms with Gasteiger partial charge in [-0.1, -0.05) is 12.1 Å². The van der Waals surface area contributed by atoms with E-state index in [1.165, 1.54) is 55.9 Å². The monoisotopic (exact) mass is 334 g/mol. The van der Waals surface area contributed by atoms with Gasteiger partial charge < -0.3 is 9.64 Å². The number of benzene rings is 1. The molecule has 1 atom stereocenters. The lowest BCUT2D eigenvalue weighted by Crippen LogP contribution is -2.45. The standard InChI is InChI=1S/C19H30N2OS/c1-22-12-11-20-9-4-7-19(15-20)8-10-21(16-19)14-17-5-3-6-18(13-17)23-2/h3,5-6,13H,4,7-12,14-16H2,1-2H3. The summed E-state index contributed by atoms with van der Waals surface area (Å²) in [7, 11) is 1.81. The average Bonchev–Trinajstić information content (AvgIpc) is 2.95. The van der Waals surface area contributed by atoms with Crippen LogP contribution in [0.4, 0.5) is 0 Å². The third-order valence-electron chi connectivity index (χ3n) is 5.41. The first kappa shape index (κ1) is 17.3. The van der Waals surface area contributed by atoms with Crippen molar-refractivity contribution in [3.63, 3.8) is 0 Å². The first-order valence-corrected chi connectivity index (χ1v) is 10.0. The van der Waals surface area contributed by atoms with Gasteiger partial charge in [0.2, 0.25) is 0 Å². The predicted octanol–water partition coefficient (Wildman–Crippen LogP) is 3.34. The van der Waals surface area contributed by atoms with Crippen LogP contribution in [-0.2, 0) is 11.3 Å². The molecule has 0 bridgehead atoms. The number of rotatable bonds is 6. The second kappa shape index (κ2) is 8.02. The highest BCUT2D eigenvalue weighted by atomic mass is 32.2. The van der Waals surface area contributed by atoms with Gasteiger partial charge in [-0.3, -0.25) is 4.90 Å². The minimum absolute atomic E-state index is 0.531. The van der Waals surface area contributed by atoms with Gasteiger partial charge in [-0.25, -0.2) is 0 Å². The predicted molar refractivity (Wildman–Crippen MR) is 98.1 cm³/mol.